The summed E-state index contributed by atoms with van der Waals surface area (Å²) < 4.78 is 1.46. The van der Waals surface area contributed by atoms with Gasteiger partial charge in [0.15, 0.2) is 0 Å². The highest BCUT2D eigenvalue weighted by molar-refractivity contribution is 5.88. The van der Waals surface area contributed by atoms with E-state index in [2.05, 4.69) is 22.1 Å². The van der Waals surface area contributed by atoms with Crippen LogP contribution in [-0.4, -0.2) is 87.0 Å². The number of anilines is 1. The van der Waals surface area contributed by atoms with E-state index < -0.39 is 11.7 Å². The van der Waals surface area contributed by atoms with Gasteiger partial charge in [-0.2, -0.15) is 4.98 Å². The molecule has 0 unspecified atom stereocenters. The summed E-state index contributed by atoms with van der Waals surface area (Å²) in [5, 5.41) is 2.69. The molecule has 2 heterocycles. The summed E-state index contributed by atoms with van der Waals surface area (Å²) in [5.74, 6) is 0.0632. The van der Waals surface area contributed by atoms with E-state index >= 15 is 0 Å². The highest BCUT2D eigenvalue weighted by Crippen LogP contribution is 2.24. The minimum Gasteiger partial charge on any atom is -0.338 e. The van der Waals surface area contributed by atoms with E-state index in [0.717, 1.165) is 38.8 Å². The summed E-state index contributed by atoms with van der Waals surface area (Å²) in [5.41, 5.74) is 13.2. The molecule has 2 aliphatic rings. The lowest BCUT2D eigenvalue weighted by atomic mass is 9.90. The molecule has 4 rings (SSSR count). The third-order valence-corrected chi connectivity index (χ3v) is 7.57. The van der Waals surface area contributed by atoms with Crippen molar-refractivity contribution in [3.8, 4) is 5.69 Å². The Bertz CT molecular complexity index is 1150. The van der Waals surface area contributed by atoms with Gasteiger partial charge in [0.25, 0.3) is 0 Å². The van der Waals surface area contributed by atoms with Crippen LogP contribution in [0.15, 0.2) is 41.3 Å². The van der Waals surface area contributed by atoms with Gasteiger partial charge in [-0.05, 0) is 62.9 Å². The monoisotopic (exact) mass is 524 g/mol. The number of amides is 3. The van der Waals surface area contributed by atoms with Gasteiger partial charge in [0.2, 0.25) is 5.91 Å². The van der Waals surface area contributed by atoms with Crippen LogP contribution in [0, 0.1) is 0 Å². The van der Waals surface area contributed by atoms with Gasteiger partial charge in [0.05, 0.1) is 11.7 Å². The smallest absolute Gasteiger partial charge is 0.338 e. The Hall–Kier alpha value is -3.28. The van der Waals surface area contributed by atoms with Crippen molar-refractivity contribution in [2.24, 2.45) is 11.5 Å². The maximum Gasteiger partial charge on any atom is 0.354 e. The maximum absolute atomic E-state index is 12.7. The summed E-state index contributed by atoms with van der Waals surface area (Å²) in [6.45, 7) is 7.31. The largest absolute Gasteiger partial charge is 0.354 e. The summed E-state index contributed by atoms with van der Waals surface area (Å²) in [7, 11) is 0. The zero-order chi connectivity index (χ0) is 27.2. The van der Waals surface area contributed by atoms with Crippen LogP contribution in [0.25, 0.3) is 5.69 Å². The van der Waals surface area contributed by atoms with Crippen molar-refractivity contribution >= 4 is 17.8 Å². The minimum absolute atomic E-state index is 0.125. The van der Waals surface area contributed by atoms with Gasteiger partial charge >= 0.3 is 11.7 Å². The van der Waals surface area contributed by atoms with E-state index in [-0.39, 0.29) is 17.8 Å². The van der Waals surface area contributed by atoms with E-state index in [4.69, 9.17) is 11.5 Å². The number of carbonyl (C=O) groups is 2. The number of nitrogens with zero attached hydrogens (tertiary/aromatic N) is 5. The average molecular weight is 525 g/mol. The van der Waals surface area contributed by atoms with Gasteiger partial charge < -0.3 is 21.3 Å². The standard InChI is InChI=1S/C27H40N8O3/c1-3-32(22-10-6-21(29)7-11-22)18-20-4-8-23(9-5-20)35-13-12-24(31-27(35)38)30-26(37)34-16-14-33(15-17-34)25(36)19(2)28/h4-5,8-9,12-13,19,21-22H,3,6-7,10-11,14-18,28-29H2,1-2H3,(H,30,31,37,38)/t19-,21-,22-/m0/s1. The van der Waals surface area contributed by atoms with E-state index in [9.17, 15) is 14.4 Å². The van der Waals surface area contributed by atoms with Crippen LogP contribution in [0.4, 0.5) is 10.6 Å². The molecule has 1 aliphatic carbocycles. The number of urea groups is 1. The predicted octanol–water partition coefficient (Wildman–Crippen LogP) is 1.35. The average Bonchev–Trinajstić information content (AvgIpc) is 2.92. The third-order valence-electron chi connectivity index (χ3n) is 7.57. The summed E-state index contributed by atoms with van der Waals surface area (Å²) in [4.78, 5) is 47.2. The predicted molar refractivity (Wildman–Crippen MR) is 147 cm³/mol. The molecule has 0 spiro atoms. The number of hydrogen-bond acceptors (Lipinski definition) is 7. The molecule has 11 nitrogen and oxygen atoms in total. The number of aromatic nitrogens is 2. The molecule has 5 N–H and O–H groups in total. The Morgan fingerprint density at radius 1 is 1.05 bits per heavy atom. The van der Waals surface area contributed by atoms with Crippen molar-refractivity contribution in [1.29, 1.82) is 0 Å². The summed E-state index contributed by atoms with van der Waals surface area (Å²) in [6.07, 6.45) is 6.06. The zero-order valence-corrected chi connectivity index (χ0v) is 22.4. The van der Waals surface area contributed by atoms with Crippen molar-refractivity contribution in [2.45, 2.75) is 64.2 Å². The molecule has 2 fully saturated rings. The lowest BCUT2D eigenvalue weighted by molar-refractivity contribution is -0.133. The van der Waals surface area contributed by atoms with Crippen LogP contribution < -0.4 is 22.5 Å². The molecular weight excluding hydrogens is 484 g/mol. The first-order valence-electron chi connectivity index (χ1n) is 13.5. The van der Waals surface area contributed by atoms with Gasteiger partial charge in [-0.15, -0.1) is 0 Å². The summed E-state index contributed by atoms with van der Waals surface area (Å²) >= 11 is 0. The molecule has 1 saturated heterocycles. The normalized spacial score (nSPS) is 20.9. The maximum atomic E-state index is 12.7. The lowest BCUT2D eigenvalue weighted by Gasteiger charge is -2.35. The molecule has 1 aromatic heterocycles. The number of hydrogen-bond donors (Lipinski definition) is 3. The van der Waals surface area contributed by atoms with Crippen LogP contribution in [0.3, 0.4) is 0 Å². The second-order valence-corrected chi connectivity index (χ2v) is 10.3. The second kappa shape index (κ2) is 12.5. The van der Waals surface area contributed by atoms with Crippen LogP contribution >= 0.6 is 0 Å². The molecule has 3 amide bonds. The molecule has 1 aliphatic heterocycles. The number of rotatable bonds is 7. The molecule has 1 atom stereocenters. The minimum atomic E-state index is -0.560. The van der Waals surface area contributed by atoms with E-state index in [1.807, 2.05) is 24.3 Å². The molecular formula is C27H40N8O3. The van der Waals surface area contributed by atoms with E-state index in [1.165, 1.54) is 10.1 Å². The number of nitrogens with two attached hydrogens (primary N) is 2. The molecule has 0 bridgehead atoms. The first-order valence-corrected chi connectivity index (χ1v) is 13.5. The summed E-state index contributed by atoms with van der Waals surface area (Å²) in [6, 6.07) is 9.53. The number of piperazine rings is 1. The first kappa shape index (κ1) is 27.7. The first-order chi connectivity index (χ1) is 18.2. The van der Waals surface area contributed by atoms with Crippen LogP contribution in [0.5, 0.6) is 0 Å². The lowest BCUT2D eigenvalue weighted by Crippen LogP contribution is -2.54. The van der Waals surface area contributed by atoms with Crippen molar-refractivity contribution in [2.75, 3.05) is 38.0 Å². The van der Waals surface area contributed by atoms with Crippen molar-refractivity contribution in [3.63, 3.8) is 0 Å². The van der Waals surface area contributed by atoms with Gasteiger partial charge in [0, 0.05) is 51.0 Å². The van der Waals surface area contributed by atoms with Gasteiger partial charge in [-0.25, -0.2) is 9.59 Å². The highest BCUT2D eigenvalue weighted by atomic mass is 16.2. The molecule has 1 saturated carbocycles. The van der Waals surface area contributed by atoms with Crippen molar-refractivity contribution < 1.29 is 9.59 Å². The van der Waals surface area contributed by atoms with Crippen molar-refractivity contribution in [3.05, 3.63) is 52.6 Å². The number of nitrogens with one attached hydrogen (secondary N) is 1. The van der Waals surface area contributed by atoms with Crippen LogP contribution in [-0.2, 0) is 11.3 Å². The molecule has 0 radical (unpaired) electrons. The van der Waals surface area contributed by atoms with Gasteiger partial charge in [-0.3, -0.25) is 19.6 Å². The Balaban J connectivity index is 1.33. The number of benzene rings is 1. The fraction of sp³-hybridized carbons (Fsp3) is 0.556. The van der Waals surface area contributed by atoms with E-state index in [0.29, 0.717) is 44.0 Å². The zero-order valence-electron chi connectivity index (χ0n) is 22.4. The molecule has 1 aromatic carbocycles. The molecule has 2 aromatic rings. The Kier molecular flexibility index (Phi) is 9.13. The van der Waals surface area contributed by atoms with Gasteiger partial charge in [-0.1, -0.05) is 19.1 Å². The fourth-order valence-corrected chi connectivity index (χ4v) is 5.24. The topological polar surface area (TPSA) is 143 Å². The fourth-order valence-electron chi connectivity index (χ4n) is 5.24. The number of carbonyl (C=O) groups excluding carboxylic acids is 2. The molecule has 11 heteroatoms. The second-order valence-electron chi connectivity index (χ2n) is 10.3. The SMILES string of the molecule is CCN(Cc1ccc(-n2ccc(NC(=O)N3CCN(C(=O)[C@H](C)N)CC3)nc2=O)cc1)[C@H]1CC[C@H](N)CC1. The quantitative estimate of drug-likeness (QED) is 0.496. The van der Waals surface area contributed by atoms with Gasteiger partial charge in [0.1, 0.15) is 5.82 Å². The highest BCUT2D eigenvalue weighted by Gasteiger charge is 2.26. The van der Waals surface area contributed by atoms with Crippen molar-refractivity contribution in [1.82, 2.24) is 24.3 Å². The molecule has 38 heavy (non-hydrogen) atoms. The Labute approximate surface area is 223 Å². The molecule has 206 valence electrons. The third kappa shape index (κ3) is 6.77. The Morgan fingerprint density at radius 2 is 1.68 bits per heavy atom. The van der Waals surface area contributed by atoms with Crippen LogP contribution in [0.1, 0.15) is 45.1 Å². The van der Waals surface area contributed by atoms with E-state index in [1.54, 1.807) is 29.0 Å². The Morgan fingerprint density at radius 3 is 2.26 bits per heavy atom. The van der Waals surface area contributed by atoms with Crippen LogP contribution in [0.2, 0.25) is 0 Å².